The van der Waals surface area contributed by atoms with Gasteiger partial charge in [-0.05, 0) is 64.4 Å². The first-order valence-corrected chi connectivity index (χ1v) is 14.4. The minimum atomic E-state index is -0.452. The Hall–Kier alpha value is -4.39. The molecule has 2 aromatic carbocycles. The Kier molecular flexibility index (Phi) is 9.61. The van der Waals surface area contributed by atoms with Crippen LogP contribution in [0.1, 0.15) is 45.0 Å². The molecule has 0 bridgehead atoms. The van der Waals surface area contributed by atoms with E-state index in [1.807, 2.05) is 18.2 Å². The maximum absolute atomic E-state index is 13.3. The fourth-order valence-corrected chi connectivity index (χ4v) is 5.14. The average molecular weight is 555 g/mol. The van der Waals surface area contributed by atoms with E-state index < -0.39 is 5.97 Å². The summed E-state index contributed by atoms with van der Waals surface area (Å²) in [6.45, 7) is 17.6. The monoisotopic (exact) mass is 554 g/mol. The molecule has 1 heterocycles. The largest absolute Gasteiger partial charge is 0.460 e. The zero-order valence-corrected chi connectivity index (χ0v) is 24.8. The first kappa shape index (κ1) is 29.6. The normalized spacial score (nSPS) is 11.0. The summed E-state index contributed by atoms with van der Waals surface area (Å²) in [6.07, 6.45) is 0. The minimum Gasteiger partial charge on any atom is -0.460 e. The molecule has 1 aliphatic heterocycles. The van der Waals surface area contributed by atoms with Crippen molar-refractivity contribution in [2.24, 2.45) is 0 Å². The fraction of sp³-hybridized carbons (Fsp3) is 0.324. The maximum atomic E-state index is 13.3. The molecule has 7 heteroatoms. The summed E-state index contributed by atoms with van der Waals surface area (Å²) in [5.41, 5.74) is 5.29. The molecule has 0 aromatic heterocycles. The third kappa shape index (κ3) is 6.35. The second-order valence-corrected chi connectivity index (χ2v) is 9.90. The average Bonchev–Trinajstić information content (AvgIpc) is 2.99. The molecule has 1 N–H and O–H groups in total. The topological polar surface area (TPSA) is 74.8 Å². The van der Waals surface area contributed by atoms with Gasteiger partial charge in [0.25, 0.3) is 0 Å². The standard InChI is InChI=1S/C34H39N3O4/c1-7-36(8-2)24-15-17-28-30(21-24)41-31-22-25(37(9-3)10-4)16-18-29(31)32(28)26-13-11-12-14-27(26)34(39)40-20-19-35-33(38)23(5)6/h11-18,21-22H,5,7-10,19-20H2,1-4,6H3/p+1. The van der Waals surface area contributed by atoms with Crippen LogP contribution in [0.2, 0.25) is 0 Å². The van der Waals surface area contributed by atoms with Crippen molar-refractivity contribution in [3.05, 3.63) is 83.7 Å². The van der Waals surface area contributed by atoms with E-state index in [0.29, 0.717) is 11.1 Å². The van der Waals surface area contributed by atoms with Crippen LogP contribution in [-0.2, 0) is 9.53 Å². The molecule has 0 radical (unpaired) electrons. The molecule has 0 atom stereocenters. The van der Waals surface area contributed by atoms with Crippen LogP contribution in [0, 0.1) is 0 Å². The van der Waals surface area contributed by atoms with Crippen LogP contribution in [0.15, 0.2) is 77.2 Å². The molecule has 7 nitrogen and oxygen atoms in total. The van der Waals surface area contributed by atoms with Crippen LogP contribution in [0.25, 0.3) is 33.4 Å². The summed E-state index contributed by atoms with van der Waals surface area (Å²) >= 11 is 0. The predicted molar refractivity (Wildman–Crippen MR) is 166 cm³/mol. The lowest BCUT2D eigenvalue weighted by Crippen LogP contribution is -2.29. The van der Waals surface area contributed by atoms with Crippen molar-refractivity contribution in [1.29, 1.82) is 0 Å². The van der Waals surface area contributed by atoms with Crippen LogP contribution >= 0.6 is 0 Å². The molecule has 4 rings (SSSR count). The number of hydrogen-bond acceptors (Lipinski definition) is 5. The van der Waals surface area contributed by atoms with Gasteiger partial charge in [-0.3, -0.25) is 4.79 Å². The van der Waals surface area contributed by atoms with Crippen molar-refractivity contribution in [1.82, 2.24) is 9.89 Å². The summed E-state index contributed by atoms with van der Waals surface area (Å²) in [5.74, 6) is 0.0339. The van der Waals surface area contributed by atoms with Crippen molar-refractivity contribution in [2.75, 3.05) is 44.2 Å². The highest BCUT2D eigenvalue weighted by Gasteiger charge is 2.23. The quantitative estimate of drug-likeness (QED) is 0.0845. The van der Waals surface area contributed by atoms with Gasteiger partial charge in [-0.15, -0.1) is 0 Å². The van der Waals surface area contributed by atoms with E-state index in [1.54, 1.807) is 13.0 Å². The van der Waals surface area contributed by atoms with Gasteiger partial charge in [-0.2, -0.15) is 0 Å². The Morgan fingerprint density at radius 3 is 2.37 bits per heavy atom. The number of anilines is 1. The number of benzene rings is 3. The van der Waals surface area contributed by atoms with E-state index in [0.717, 1.165) is 70.6 Å². The molecule has 2 aliphatic rings. The van der Waals surface area contributed by atoms with Gasteiger partial charge in [0.15, 0.2) is 0 Å². The molecular formula is C34H40N3O4+. The van der Waals surface area contributed by atoms with Crippen LogP contribution in [-0.4, -0.2) is 51.2 Å². The molecule has 2 aromatic rings. The number of fused-ring (bicyclic) bond motifs is 2. The first-order valence-electron chi connectivity index (χ1n) is 14.4. The minimum absolute atomic E-state index is 0.0538. The lowest BCUT2D eigenvalue weighted by Gasteiger charge is -2.22. The lowest BCUT2D eigenvalue weighted by atomic mass is 9.90. The Morgan fingerprint density at radius 2 is 1.68 bits per heavy atom. The van der Waals surface area contributed by atoms with Gasteiger partial charge in [0.2, 0.25) is 11.3 Å². The van der Waals surface area contributed by atoms with E-state index in [1.165, 1.54) is 0 Å². The van der Waals surface area contributed by atoms with Crippen LogP contribution in [0.3, 0.4) is 0 Å². The Balaban J connectivity index is 1.88. The number of amides is 1. The number of rotatable bonds is 11. The molecule has 214 valence electrons. The van der Waals surface area contributed by atoms with Crippen molar-refractivity contribution in [2.45, 2.75) is 34.6 Å². The number of ether oxygens (including phenoxy) is 1. The van der Waals surface area contributed by atoms with Crippen LogP contribution < -0.4 is 20.1 Å². The molecule has 0 unspecified atom stereocenters. The maximum Gasteiger partial charge on any atom is 0.338 e. The highest BCUT2D eigenvalue weighted by atomic mass is 16.5. The predicted octanol–water partition coefficient (Wildman–Crippen LogP) is 5.71. The number of carbonyl (C=O) groups excluding carboxylic acids is 2. The molecule has 0 spiro atoms. The second-order valence-electron chi connectivity index (χ2n) is 9.90. The summed E-state index contributed by atoms with van der Waals surface area (Å²) in [5, 5.41) is 4.69. The lowest BCUT2D eigenvalue weighted by molar-refractivity contribution is -0.117. The second kappa shape index (κ2) is 13.3. The number of carbonyl (C=O) groups is 2. The molecule has 0 fully saturated rings. The molecular weight excluding hydrogens is 514 g/mol. The van der Waals surface area contributed by atoms with Gasteiger partial charge >= 0.3 is 5.97 Å². The smallest absolute Gasteiger partial charge is 0.338 e. The molecule has 41 heavy (non-hydrogen) atoms. The number of nitrogens with one attached hydrogen (secondary N) is 1. The highest BCUT2D eigenvalue weighted by Crippen LogP contribution is 2.42. The number of esters is 1. The summed E-state index contributed by atoms with van der Waals surface area (Å²) in [7, 11) is 0. The van der Waals surface area contributed by atoms with E-state index in [4.69, 9.17) is 9.15 Å². The van der Waals surface area contributed by atoms with Gasteiger partial charge in [0.1, 0.15) is 31.0 Å². The van der Waals surface area contributed by atoms with E-state index in [-0.39, 0.29) is 19.1 Å². The molecule has 1 aliphatic carbocycles. The molecule has 1 amide bonds. The number of hydrogen-bond donors (Lipinski definition) is 1. The molecule has 0 saturated carbocycles. The van der Waals surface area contributed by atoms with Gasteiger partial charge < -0.3 is 19.4 Å². The van der Waals surface area contributed by atoms with Crippen LogP contribution in [0.4, 0.5) is 5.69 Å². The summed E-state index contributed by atoms with van der Waals surface area (Å²) < 4.78 is 14.4. The Labute approximate surface area is 242 Å². The Morgan fingerprint density at radius 1 is 0.951 bits per heavy atom. The van der Waals surface area contributed by atoms with Crippen LogP contribution in [0.5, 0.6) is 0 Å². The fourth-order valence-electron chi connectivity index (χ4n) is 5.14. The zero-order valence-electron chi connectivity index (χ0n) is 24.8. The summed E-state index contributed by atoms with van der Waals surface area (Å²) in [6, 6.07) is 20.0. The van der Waals surface area contributed by atoms with Crippen molar-refractivity contribution < 1.29 is 18.7 Å². The summed E-state index contributed by atoms with van der Waals surface area (Å²) in [4.78, 5) is 27.4. The van der Waals surface area contributed by atoms with E-state index in [2.05, 4.69) is 85.5 Å². The van der Waals surface area contributed by atoms with Crippen molar-refractivity contribution in [3.63, 3.8) is 0 Å². The van der Waals surface area contributed by atoms with Gasteiger partial charge in [-0.1, -0.05) is 24.8 Å². The van der Waals surface area contributed by atoms with Crippen molar-refractivity contribution >= 4 is 28.5 Å². The third-order valence-electron chi connectivity index (χ3n) is 7.37. The third-order valence-corrected chi connectivity index (χ3v) is 7.37. The van der Waals surface area contributed by atoms with Crippen molar-refractivity contribution in [3.8, 4) is 22.5 Å². The number of nitrogens with zero attached hydrogens (tertiary/aromatic N) is 2. The highest BCUT2D eigenvalue weighted by molar-refractivity contribution is 6.08. The SMILES string of the molecule is C=C(C)C(=O)NCCOC(=O)c1ccccc1-c1c2ccc(=[N+](CC)CC)cc-2oc2cc(N(CC)CC)ccc12. The Bertz CT molecular complexity index is 1610. The van der Waals surface area contributed by atoms with Gasteiger partial charge in [0, 0.05) is 53.0 Å². The van der Waals surface area contributed by atoms with Gasteiger partial charge in [-0.25, -0.2) is 9.37 Å². The van der Waals surface area contributed by atoms with Gasteiger partial charge in [0.05, 0.1) is 18.2 Å². The first-order chi connectivity index (χ1) is 19.8. The van der Waals surface area contributed by atoms with E-state index >= 15 is 0 Å². The molecule has 0 saturated heterocycles. The zero-order chi connectivity index (χ0) is 29.5. The van der Waals surface area contributed by atoms with E-state index in [9.17, 15) is 9.59 Å².